The number of halogens is 1. The maximum atomic E-state index is 12.9. The van der Waals surface area contributed by atoms with Crippen LogP contribution in [0.4, 0.5) is 10.2 Å². The fraction of sp³-hybridized carbons (Fsp3) is 0.389. The Morgan fingerprint density at radius 1 is 1.12 bits per heavy atom. The van der Waals surface area contributed by atoms with Gasteiger partial charge >= 0.3 is 0 Å². The molecule has 1 atom stereocenters. The first kappa shape index (κ1) is 17.1. The second-order valence-corrected chi connectivity index (χ2v) is 7.03. The molecule has 0 saturated heterocycles. The number of hydrogen-bond donors (Lipinski definition) is 1. The van der Waals surface area contributed by atoms with E-state index in [-0.39, 0.29) is 17.3 Å². The predicted molar refractivity (Wildman–Crippen MR) is 94.5 cm³/mol. The molecule has 1 aromatic carbocycles. The van der Waals surface area contributed by atoms with Crippen LogP contribution in [0, 0.1) is 5.82 Å². The molecule has 0 radical (unpaired) electrons. The molecular formula is C18H22FN5O. The molecule has 0 aliphatic rings. The highest BCUT2D eigenvalue weighted by atomic mass is 19.1. The minimum Gasteiger partial charge on any atom is -0.489 e. The average Bonchev–Trinajstić information content (AvgIpc) is 2.98. The molecular weight excluding hydrogens is 321 g/mol. The molecule has 0 saturated carbocycles. The van der Waals surface area contributed by atoms with E-state index < -0.39 is 0 Å². The maximum Gasteiger partial charge on any atom is 0.178 e. The number of ether oxygens (including phenoxy) is 1. The standard InChI is InChI=1S/C18H22FN5O/c1-12(25-14-7-5-13(19)6-8-14)11-20-15-9-10-16-21-22-17(18(2,3)4)24(16)23-15/h5-10,12H,11H2,1-4H3,(H,20,23). The van der Waals surface area contributed by atoms with Crippen molar-refractivity contribution in [2.75, 3.05) is 11.9 Å². The van der Waals surface area contributed by atoms with Crippen LogP contribution in [-0.4, -0.2) is 32.5 Å². The van der Waals surface area contributed by atoms with Gasteiger partial charge < -0.3 is 10.1 Å². The van der Waals surface area contributed by atoms with Gasteiger partial charge in [0.2, 0.25) is 0 Å². The number of nitrogens with one attached hydrogen (secondary N) is 1. The van der Waals surface area contributed by atoms with E-state index in [0.29, 0.717) is 23.8 Å². The van der Waals surface area contributed by atoms with Gasteiger partial charge in [0.1, 0.15) is 23.5 Å². The van der Waals surface area contributed by atoms with Gasteiger partial charge in [-0.15, -0.1) is 15.3 Å². The number of rotatable bonds is 5. The largest absolute Gasteiger partial charge is 0.489 e. The summed E-state index contributed by atoms with van der Waals surface area (Å²) < 4.78 is 20.4. The van der Waals surface area contributed by atoms with E-state index in [1.54, 1.807) is 16.6 Å². The van der Waals surface area contributed by atoms with Gasteiger partial charge in [-0.05, 0) is 43.3 Å². The highest BCUT2D eigenvalue weighted by molar-refractivity contribution is 5.44. The number of hydrogen-bond acceptors (Lipinski definition) is 5. The molecule has 3 rings (SSSR count). The first-order chi connectivity index (χ1) is 11.8. The lowest BCUT2D eigenvalue weighted by Crippen LogP contribution is -2.23. The quantitative estimate of drug-likeness (QED) is 0.769. The van der Waals surface area contributed by atoms with Gasteiger partial charge in [0.25, 0.3) is 0 Å². The highest BCUT2D eigenvalue weighted by Gasteiger charge is 2.21. The molecule has 7 heteroatoms. The number of nitrogens with zero attached hydrogens (tertiary/aromatic N) is 4. The van der Waals surface area contributed by atoms with E-state index in [0.717, 1.165) is 5.82 Å². The zero-order valence-corrected chi connectivity index (χ0v) is 14.8. The Labute approximate surface area is 146 Å². The second-order valence-electron chi connectivity index (χ2n) is 7.03. The number of anilines is 1. The molecule has 2 heterocycles. The SMILES string of the molecule is CC(CNc1ccc2nnc(C(C)(C)C)n2n1)Oc1ccc(F)cc1. The van der Waals surface area contributed by atoms with E-state index in [9.17, 15) is 4.39 Å². The van der Waals surface area contributed by atoms with Crippen LogP contribution in [0.5, 0.6) is 5.75 Å². The van der Waals surface area contributed by atoms with Crippen LogP contribution in [0.3, 0.4) is 0 Å². The van der Waals surface area contributed by atoms with Gasteiger partial charge in [-0.1, -0.05) is 20.8 Å². The summed E-state index contributed by atoms with van der Waals surface area (Å²) in [4.78, 5) is 0. The average molecular weight is 343 g/mol. The summed E-state index contributed by atoms with van der Waals surface area (Å²) in [6, 6.07) is 9.73. The van der Waals surface area contributed by atoms with E-state index in [1.807, 2.05) is 19.1 Å². The van der Waals surface area contributed by atoms with Gasteiger partial charge in [-0.3, -0.25) is 0 Å². The van der Waals surface area contributed by atoms with E-state index >= 15 is 0 Å². The number of fused-ring (bicyclic) bond motifs is 1. The van der Waals surface area contributed by atoms with Crippen LogP contribution in [0.25, 0.3) is 5.65 Å². The highest BCUT2D eigenvalue weighted by Crippen LogP contribution is 2.20. The summed E-state index contributed by atoms with van der Waals surface area (Å²) >= 11 is 0. The van der Waals surface area contributed by atoms with Crippen molar-refractivity contribution >= 4 is 11.5 Å². The molecule has 0 bridgehead atoms. The minimum atomic E-state index is -0.278. The van der Waals surface area contributed by atoms with Gasteiger partial charge in [0.15, 0.2) is 11.5 Å². The van der Waals surface area contributed by atoms with Gasteiger partial charge in [0.05, 0.1) is 6.54 Å². The molecule has 3 aromatic rings. The zero-order chi connectivity index (χ0) is 18.0. The molecule has 6 nitrogen and oxygen atoms in total. The maximum absolute atomic E-state index is 12.9. The Balaban J connectivity index is 1.67. The molecule has 0 amide bonds. The van der Waals surface area contributed by atoms with Gasteiger partial charge in [-0.25, -0.2) is 4.39 Å². The summed E-state index contributed by atoms with van der Waals surface area (Å²) in [5.41, 5.74) is 0.565. The van der Waals surface area contributed by atoms with Crippen molar-refractivity contribution in [1.29, 1.82) is 0 Å². The summed E-state index contributed by atoms with van der Waals surface area (Å²) in [5.74, 6) is 1.88. The molecule has 0 aliphatic carbocycles. The summed E-state index contributed by atoms with van der Waals surface area (Å²) in [6.07, 6.45) is -0.106. The molecule has 0 aliphatic heterocycles. The summed E-state index contributed by atoms with van der Waals surface area (Å²) in [6.45, 7) is 8.72. The monoisotopic (exact) mass is 343 g/mol. The van der Waals surface area contributed by atoms with E-state index in [4.69, 9.17) is 4.74 Å². The Morgan fingerprint density at radius 2 is 1.84 bits per heavy atom. The van der Waals surface area contributed by atoms with Crippen LogP contribution in [0.15, 0.2) is 36.4 Å². The predicted octanol–water partition coefficient (Wildman–Crippen LogP) is 3.44. The van der Waals surface area contributed by atoms with Crippen molar-refractivity contribution < 1.29 is 9.13 Å². The van der Waals surface area contributed by atoms with Crippen molar-refractivity contribution in [2.45, 2.75) is 39.2 Å². The lowest BCUT2D eigenvalue weighted by atomic mass is 9.96. The van der Waals surface area contributed by atoms with Crippen LogP contribution < -0.4 is 10.1 Å². The van der Waals surface area contributed by atoms with Crippen LogP contribution >= 0.6 is 0 Å². The first-order valence-electron chi connectivity index (χ1n) is 8.22. The third-order valence-electron chi connectivity index (χ3n) is 3.66. The summed E-state index contributed by atoms with van der Waals surface area (Å²) in [7, 11) is 0. The van der Waals surface area contributed by atoms with Crippen molar-refractivity contribution in [2.24, 2.45) is 0 Å². The zero-order valence-electron chi connectivity index (χ0n) is 14.8. The van der Waals surface area contributed by atoms with Crippen molar-refractivity contribution in [3.8, 4) is 5.75 Å². The lowest BCUT2D eigenvalue weighted by Gasteiger charge is -2.17. The van der Waals surface area contributed by atoms with Crippen LogP contribution in [0.1, 0.15) is 33.5 Å². The first-order valence-corrected chi connectivity index (χ1v) is 8.22. The minimum absolute atomic E-state index is 0.106. The fourth-order valence-electron chi connectivity index (χ4n) is 2.39. The van der Waals surface area contributed by atoms with E-state index in [1.165, 1.54) is 12.1 Å². The Kier molecular flexibility index (Phi) is 4.57. The van der Waals surface area contributed by atoms with Crippen molar-refractivity contribution in [3.63, 3.8) is 0 Å². The third-order valence-corrected chi connectivity index (χ3v) is 3.66. The smallest absolute Gasteiger partial charge is 0.178 e. The number of aromatic nitrogens is 4. The molecule has 0 fully saturated rings. The Hall–Kier alpha value is -2.70. The van der Waals surface area contributed by atoms with Crippen LogP contribution in [-0.2, 0) is 5.41 Å². The summed E-state index contributed by atoms with van der Waals surface area (Å²) in [5, 5.41) is 16.2. The molecule has 2 aromatic heterocycles. The lowest BCUT2D eigenvalue weighted by molar-refractivity contribution is 0.234. The molecule has 132 valence electrons. The normalized spacial score (nSPS) is 13.0. The van der Waals surface area contributed by atoms with Crippen molar-refractivity contribution in [1.82, 2.24) is 19.8 Å². The third kappa shape index (κ3) is 4.04. The fourth-order valence-corrected chi connectivity index (χ4v) is 2.39. The molecule has 1 unspecified atom stereocenters. The van der Waals surface area contributed by atoms with Gasteiger partial charge in [0, 0.05) is 5.41 Å². The Morgan fingerprint density at radius 3 is 2.52 bits per heavy atom. The van der Waals surface area contributed by atoms with Crippen molar-refractivity contribution in [3.05, 3.63) is 48.0 Å². The van der Waals surface area contributed by atoms with Crippen LogP contribution in [0.2, 0.25) is 0 Å². The molecule has 0 spiro atoms. The molecule has 25 heavy (non-hydrogen) atoms. The second kappa shape index (κ2) is 6.66. The van der Waals surface area contributed by atoms with E-state index in [2.05, 4.69) is 41.4 Å². The Bertz CT molecular complexity index is 854. The number of benzene rings is 1. The van der Waals surface area contributed by atoms with Gasteiger partial charge in [-0.2, -0.15) is 4.52 Å². The molecule has 1 N–H and O–H groups in total. The topological polar surface area (TPSA) is 64.3 Å².